The van der Waals surface area contributed by atoms with E-state index in [0.29, 0.717) is 11.3 Å². The second kappa shape index (κ2) is 5.70. The molecule has 0 unspecified atom stereocenters. The number of alkyl halides is 3. The van der Waals surface area contributed by atoms with Crippen LogP contribution >= 0.6 is 0 Å². The van der Waals surface area contributed by atoms with E-state index in [4.69, 9.17) is 0 Å². The molecule has 2 N–H and O–H groups in total. The van der Waals surface area contributed by atoms with Gasteiger partial charge in [0.25, 0.3) is 0 Å². The van der Waals surface area contributed by atoms with Gasteiger partial charge in [-0.25, -0.2) is 13.1 Å². The number of nitrogens with one attached hydrogen (secondary N) is 2. The van der Waals surface area contributed by atoms with Crippen LogP contribution in [0.2, 0.25) is 0 Å². The second-order valence-corrected chi connectivity index (χ2v) is 5.81. The fourth-order valence-electron chi connectivity index (χ4n) is 1.28. The van der Waals surface area contributed by atoms with Gasteiger partial charge in [0, 0.05) is 24.2 Å². The molecule has 9 heteroatoms. The third-order valence-electron chi connectivity index (χ3n) is 2.29. The molecular weight excluding hydrogens is 271 g/mol. The Kier molecular flexibility index (Phi) is 4.74. The smallest absolute Gasteiger partial charge is 0.283 e. The van der Waals surface area contributed by atoms with E-state index >= 15 is 0 Å². The predicted molar refractivity (Wildman–Crippen MR) is 59.2 cm³/mol. The van der Waals surface area contributed by atoms with Gasteiger partial charge in [0.05, 0.1) is 11.9 Å². The summed E-state index contributed by atoms with van der Waals surface area (Å²) in [4.78, 5) is 0. The normalized spacial score (nSPS) is 12.9. The molecule has 0 saturated heterocycles. The Balaban J connectivity index is 2.39. The number of hydrogen-bond donors (Lipinski definition) is 2. The van der Waals surface area contributed by atoms with Gasteiger partial charge in [-0.05, 0) is 13.3 Å². The molecule has 18 heavy (non-hydrogen) atoms. The van der Waals surface area contributed by atoms with Crippen LogP contribution in [0.1, 0.15) is 24.1 Å². The van der Waals surface area contributed by atoms with Crippen molar-refractivity contribution in [3.63, 3.8) is 0 Å². The van der Waals surface area contributed by atoms with Crippen LogP contribution in [-0.4, -0.2) is 30.5 Å². The van der Waals surface area contributed by atoms with Gasteiger partial charge in [-0.1, -0.05) is 0 Å². The molecule has 0 radical (unpaired) electrons. The Labute approximate surface area is 103 Å². The molecule has 0 aliphatic heterocycles. The van der Waals surface area contributed by atoms with Gasteiger partial charge < -0.3 is 0 Å². The van der Waals surface area contributed by atoms with Crippen LogP contribution < -0.4 is 4.72 Å². The first-order valence-corrected chi connectivity index (χ1v) is 6.88. The van der Waals surface area contributed by atoms with Crippen molar-refractivity contribution in [3.8, 4) is 0 Å². The molecule has 5 nitrogen and oxygen atoms in total. The summed E-state index contributed by atoms with van der Waals surface area (Å²) in [5.41, 5.74) is 1.38. The number of H-pyrrole nitrogens is 1. The maximum Gasteiger partial charge on any atom is 0.389 e. The quantitative estimate of drug-likeness (QED) is 0.831. The molecule has 1 aromatic heterocycles. The van der Waals surface area contributed by atoms with Crippen LogP contribution in [0.5, 0.6) is 0 Å². The second-order valence-electron chi connectivity index (χ2n) is 3.88. The highest BCUT2D eigenvalue weighted by molar-refractivity contribution is 7.89. The molecule has 1 aromatic rings. The number of rotatable bonds is 6. The van der Waals surface area contributed by atoms with Gasteiger partial charge in [0.1, 0.15) is 0 Å². The predicted octanol–water partition coefficient (Wildman–Crippen LogP) is 1.48. The van der Waals surface area contributed by atoms with Gasteiger partial charge in [-0.3, -0.25) is 5.10 Å². The third kappa shape index (κ3) is 5.50. The number of aromatic nitrogens is 2. The Bertz CT molecular complexity index is 481. The zero-order chi connectivity index (χ0) is 13.8. The molecule has 0 fully saturated rings. The summed E-state index contributed by atoms with van der Waals surface area (Å²) in [5.74, 6) is -0.538. The van der Waals surface area contributed by atoms with Crippen LogP contribution in [0.15, 0.2) is 6.20 Å². The highest BCUT2D eigenvalue weighted by Gasteiger charge is 2.27. The summed E-state index contributed by atoms with van der Waals surface area (Å²) in [6, 6.07) is 0. The zero-order valence-corrected chi connectivity index (χ0v) is 10.5. The van der Waals surface area contributed by atoms with Crippen molar-refractivity contribution < 1.29 is 21.6 Å². The largest absolute Gasteiger partial charge is 0.389 e. The first kappa shape index (κ1) is 15.0. The number of nitrogens with zero attached hydrogens (tertiary/aromatic N) is 1. The van der Waals surface area contributed by atoms with Gasteiger partial charge in [-0.15, -0.1) is 0 Å². The molecule has 0 saturated carbocycles. The van der Waals surface area contributed by atoms with Crippen LogP contribution in [0.4, 0.5) is 13.2 Å². The molecule has 104 valence electrons. The van der Waals surface area contributed by atoms with E-state index in [9.17, 15) is 21.6 Å². The summed E-state index contributed by atoms with van der Waals surface area (Å²) in [6.45, 7) is 1.75. The van der Waals surface area contributed by atoms with Crippen LogP contribution in [-0.2, 0) is 16.6 Å². The van der Waals surface area contributed by atoms with Crippen molar-refractivity contribution in [2.75, 3.05) is 5.75 Å². The summed E-state index contributed by atoms with van der Waals surface area (Å²) in [5, 5.41) is 6.34. The molecule has 1 heterocycles. The first-order chi connectivity index (χ1) is 8.20. The van der Waals surface area contributed by atoms with Crippen LogP contribution in [0.25, 0.3) is 0 Å². The fraction of sp³-hybridized carbons (Fsp3) is 0.667. The molecule has 0 atom stereocenters. The summed E-state index contributed by atoms with van der Waals surface area (Å²) >= 11 is 0. The molecule has 0 amide bonds. The minimum Gasteiger partial charge on any atom is -0.283 e. The fourth-order valence-corrected chi connectivity index (χ4v) is 2.32. The Morgan fingerprint density at radius 3 is 2.61 bits per heavy atom. The average Bonchev–Trinajstić information content (AvgIpc) is 2.59. The highest BCUT2D eigenvalue weighted by atomic mass is 32.2. The zero-order valence-electron chi connectivity index (χ0n) is 9.71. The van der Waals surface area contributed by atoms with E-state index < -0.39 is 34.8 Å². The lowest BCUT2D eigenvalue weighted by Gasteiger charge is -2.08. The molecular formula is C9H14F3N3O2S. The minimum absolute atomic E-state index is 0.0245. The molecule has 0 bridgehead atoms. The standard InChI is InChI=1S/C9H14F3N3O2S/c1-7-8(5-13-15-7)6-14-18(16,17)4-2-3-9(10,11)12/h5,14H,2-4,6H2,1H3,(H,13,15). The van der Waals surface area contributed by atoms with E-state index in [-0.39, 0.29) is 6.54 Å². The van der Waals surface area contributed by atoms with Crippen molar-refractivity contribution in [1.29, 1.82) is 0 Å². The lowest BCUT2D eigenvalue weighted by atomic mass is 10.3. The van der Waals surface area contributed by atoms with Gasteiger partial charge in [0.2, 0.25) is 10.0 Å². The number of hydrogen-bond acceptors (Lipinski definition) is 3. The third-order valence-corrected chi connectivity index (χ3v) is 3.70. The summed E-state index contributed by atoms with van der Waals surface area (Å²) < 4.78 is 60.7. The average molecular weight is 285 g/mol. The Morgan fingerprint density at radius 1 is 1.44 bits per heavy atom. The van der Waals surface area contributed by atoms with E-state index in [2.05, 4.69) is 14.9 Å². The lowest BCUT2D eigenvalue weighted by molar-refractivity contribution is -0.134. The topological polar surface area (TPSA) is 74.8 Å². The van der Waals surface area contributed by atoms with Crippen molar-refractivity contribution in [1.82, 2.24) is 14.9 Å². The summed E-state index contributed by atoms with van der Waals surface area (Å²) in [7, 11) is -3.69. The Hall–Kier alpha value is -1.09. The maximum atomic E-state index is 11.9. The van der Waals surface area contributed by atoms with Crippen molar-refractivity contribution in [3.05, 3.63) is 17.5 Å². The first-order valence-electron chi connectivity index (χ1n) is 5.22. The van der Waals surface area contributed by atoms with Crippen molar-refractivity contribution >= 4 is 10.0 Å². The molecule has 0 spiro atoms. The molecule has 0 aromatic carbocycles. The molecule has 0 aliphatic carbocycles. The van der Waals surface area contributed by atoms with E-state index in [0.717, 1.165) is 0 Å². The number of sulfonamides is 1. The maximum absolute atomic E-state index is 11.9. The number of aromatic amines is 1. The van der Waals surface area contributed by atoms with Crippen molar-refractivity contribution in [2.45, 2.75) is 32.5 Å². The minimum atomic E-state index is -4.32. The molecule has 1 rings (SSSR count). The van der Waals surface area contributed by atoms with Crippen LogP contribution in [0, 0.1) is 6.92 Å². The van der Waals surface area contributed by atoms with Gasteiger partial charge in [0.15, 0.2) is 0 Å². The Morgan fingerprint density at radius 2 is 2.11 bits per heavy atom. The van der Waals surface area contributed by atoms with Crippen LogP contribution in [0.3, 0.4) is 0 Å². The van der Waals surface area contributed by atoms with Gasteiger partial charge in [-0.2, -0.15) is 18.3 Å². The SMILES string of the molecule is Cc1[nH]ncc1CNS(=O)(=O)CCCC(F)(F)F. The van der Waals surface area contributed by atoms with E-state index in [1.54, 1.807) is 6.92 Å². The van der Waals surface area contributed by atoms with E-state index in [1.807, 2.05) is 0 Å². The van der Waals surface area contributed by atoms with Gasteiger partial charge >= 0.3 is 6.18 Å². The number of aryl methyl sites for hydroxylation is 1. The highest BCUT2D eigenvalue weighted by Crippen LogP contribution is 2.21. The molecule has 0 aliphatic rings. The van der Waals surface area contributed by atoms with E-state index in [1.165, 1.54) is 6.20 Å². The van der Waals surface area contributed by atoms with Crippen molar-refractivity contribution in [2.24, 2.45) is 0 Å². The lowest BCUT2D eigenvalue weighted by Crippen LogP contribution is -2.26. The summed E-state index contributed by atoms with van der Waals surface area (Å²) in [6.07, 6.45) is -4.40. The number of halogens is 3. The monoisotopic (exact) mass is 285 g/mol.